The summed E-state index contributed by atoms with van der Waals surface area (Å²) in [6, 6.07) is 5.86. The molecule has 1 aromatic carbocycles. The minimum absolute atomic E-state index is 0.155. The van der Waals surface area contributed by atoms with Crippen molar-refractivity contribution in [2.45, 2.75) is 18.8 Å². The van der Waals surface area contributed by atoms with E-state index in [-0.39, 0.29) is 5.97 Å². The van der Waals surface area contributed by atoms with E-state index in [1.165, 1.54) is 12.7 Å². The van der Waals surface area contributed by atoms with E-state index in [2.05, 4.69) is 10.1 Å². The number of esters is 1. The number of hydrogen-bond acceptors (Lipinski definition) is 3. The zero-order chi connectivity index (χ0) is 11.5. The number of nitrogens with one attached hydrogen (secondary N) is 1. The standard InChI is InChI=1S/C12H14BNO2/c1-16-12(15)5-2-8-7-14-11-4-3-9(13)6-10(8)11/h3-4,6,8,14H,2,5,7H2,1H3. The summed E-state index contributed by atoms with van der Waals surface area (Å²) < 4.78 is 4.64. The maximum atomic E-state index is 11.1. The molecule has 0 saturated carbocycles. The van der Waals surface area contributed by atoms with E-state index in [0.29, 0.717) is 12.3 Å². The van der Waals surface area contributed by atoms with Crippen LogP contribution in [0.5, 0.6) is 0 Å². The monoisotopic (exact) mass is 215 g/mol. The summed E-state index contributed by atoms with van der Waals surface area (Å²) >= 11 is 0. The topological polar surface area (TPSA) is 38.3 Å². The van der Waals surface area contributed by atoms with E-state index in [4.69, 9.17) is 7.85 Å². The zero-order valence-corrected chi connectivity index (χ0v) is 9.32. The molecular formula is C12H14BNO2. The van der Waals surface area contributed by atoms with Gasteiger partial charge in [0.25, 0.3) is 0 Å². The molecule has 2 radical (unpaired) electrons. The first-order valence-electron chi connectivity index (χ1n) is 5.41. The predicted octanol–water partition coefficient (Wildman–Crippen LogP) is 0.943. The lowest BCUT2D eigenvalue weighted by Crippen LogP contribution is -2.08. The molecule has 1 heterocycles. The van der Waals surface area contributed by atoms with E-state index in [0.717, 1.165) is 24.1 Å². The molecule has 1 N–H and O–H groups in total. The van der Waals surface area contributed by atoms with Crippen molar-refractivity contribution in [3.05, 3.63) is 23.8 Å². The van der Waals surface area contributed by atoms with Gasteiger partial charge in [0.05, 0.1) is 7.11 Å². The lowest BCUT2D eigenvalue weighted by Gasteiger charge is -2.09. The van der Waals surface area contributed by atoms with Gasteiger partial charge in [-0.1, -0.05) is 17.6 Å². The molecule has 0 aromatic heterocycles. The molecule has 1 aromatic rings. The van der Waals surface area contributed by atoms with Gasteiger partial charge in [-0.15, -0.1) is 0 Å². The third-order valence-electron chi connectivity index (χ3n) is 2.98. The highest BCUT2D eigenvalue weighted by atomic mass is 16.5. The first kappa shape index (κ1) is 11.1. The summed E-state index contributed by atoms with van der Waals surface area (Å²) in [4.78, 5) is 11.1. The summed E-state index contributed by atoms with van der Waals surface area (Å²) in [7, 11) is 7.17. The van der Waals surface area contributed by atoms with Crippen molar-refractivity contribution in [3.8, 4) is 0 Å². The number of hydrogen-bond donors (Lipinski definition) is 1. The van der Waals surface area contributed by atoms with Gasteiger partial charge in [-0.05, 0) is 18.1 Å². The van der Waals surface area contributed by atoms with Gasteiger partial charge in [0.2, 0.25) is 0 Å². The first-order chi connectivity index (χ1) is 7.70. The highest BCUT2D eigenvalue weighted by molar-refractivity contribution is 6.32. The fourth-order valence-electron chi connectivity index (χ4n) is 2.07. The fourth-order valence-corrected chi connectivity index (χ4v) is 2.07. The molecule has 1 atom stereocenters. The van der Waals surface area contributed by atoms with Crippen LogP contribution in [0.15, 0.2) is 18.2 Å². The fraction of sp³-hybridized carbons (Fsp3) is 0.417. The van der Waals surface area contributed by atoms with Crippen molar-refractivity contribution in [3.63, 3.8) is 0 Å². The molecule has 1 aliphatic rings. The molecule has 2 rings (SSSR count). The lowest BCUT2D eigenvalue weighted by molar-refractivity contribution is -0.140. The summed E-state index contributed by atoms with van der Waals surface area (Å²) in [5.74, 6) is 0.204. The molecule has 0 fully saturated rings. The van der Waals surface area contributed by atoms with Crippen LogP contribution in [-0.4, -0.2) is 27.5 Å². The molecule has 0 amide bonds. The SMILES string of the molecule is [B]c1ccc2c(c1)C(CCC(=O)OC)CN2. The first-order valence-corrected chi connectivity index (χ1v) is 5.41. The molecule has 3 nitrogen and oxygen atoms in total. The Morgan fingerprint density at radius 2 is 2.44 bits per heavy atom. The van der Waals surface area contributed by atoms with Crippen LogP contribution in [0.3, 0.4) is 0 Å². The van der Waals surface area contributed by atoms with Crippen molar-refractivity contribution >= 4 is 25.0 Å². The third-order valence-corrected chi connectivity index (χ3v) is 2.98. The second kappa shape index (κ2) is 4.60. The average molecular weight is 215 g/mol. The Morgan fingerprint density at radius 1 is 1.62 bits per heavy atom. The van der Waals surface area contributed by atoms with Gasteiger partial charge in [-0.2, -0.15) is 0 Å². The Balaban J connectivity index is 2.05. The zero-order valence-electron chi connectivity index (χ0n) is 9.32. The Labute approximate surface area is 96.6 Å². The van der Waals surface area contributed by atoms with Gasteiger partial charge in [0, 0.05) is 24.6 Å². The van der Waals surface area contributed by atoms with Gasteiger partial charge in [-0.25, -0.2) is 0 Å². The summed E-state index contributed by atoms with van der Waals surface area (Å²) in [6.07, 6.45) is 1.26. The van der Waals surface area contributed by atoms with Gasteiger partial charge in [0.1, 0.15) is 7.85 Å². The van der Waals surface area contributed by atoms with Crippen LogP contribution in [0.25, 0.3) is 0 Å². The second-order valence-corrected chi connectivity index (χ2v) is 4.04. The lowest BCUT2D eigenvalue weighted by atomic mass is 9.89. The molecule has 0 spiro atoms. The van der Waals surface area contributed by atoms with Crippen LogP contribution >= 0.6 is 0 Å². The quantitative estimate of drug-likeness (QED) is 0.602. The van der Waals surface area contributed by atoms with E-state index in [1.54, 1.807) is 0 Å². The van der Waals surface area contributed by atoms with Gasteiger partial charge in [0.15, 0.2) is 0 Å². The van der Waals surface area contributed by atoms with Crippen molar-refractivity contribution < 1.29 is 9.53 Å². The summed E-state index contributed by atoms with van der Waals surface area (Å²) in [6.45, 7) is 0.871. The van der Waals surface area contributed by atoms with Gasteiger partial charge in [-0.3, -0.25) is 4.79 Å². The van der Waals surface area contributed by atoms with Crippen LogP contribution in [-0.2, 0) is 9.53 Å². The number of anilines is 1. The minimum Gasteiger partial charge on any atom is -0.469 e. The van der Waals surface area contributed by atoms with Crippen LogP contribution < -0.4 is 10.8 Å². The van der Waals surface area contributed by atoms with Crippen LogP contribution in [0, 0.1) is 0 Å². The van der Waals surface area contributed by atoms with E-state index < -0.39 is 0 Å². The van der Waals surface area contributed by atoms with Gasteiger partial charge >= 0.3 is 5.97 Å². The third kappa shape index (κ3) is 2.21. The minimum atomic E-state index is -0.155. The van der Waals surface area contributed by atoms with Crippen LogP contribution in [0.4, 0.5) is 5.69 Å². The normalized spacial score (nSPS) is 17.7. The van der Waals surface area contributed by atoms with Crippen molar-refractivity contribution in [2.24, 2.45) is 0 Å². The molecule has 4 heteroatoms. The highest BCUT2D eigenvalue weighted by Gasteiger charge is 2.22. The second-order valence-electron chi connectivity index (χ2n) is 4.04. The predicted molar refractivity (Wildman–Crippen MR) is 64.3 cm³/mol. The van der Waals surface area contributed by atoms with E-state index in [1.807, 2.05) is 18.2 Å². The Hall–Kier alpha value is -1.45. The smallest absolute Gasteiger partial charge is 0.305 e. The Kier molecular flexibility index (Phi) is 3.18. The number of methoxy groups -OCH3 is 1. The molecule has 0 saturated heterocycles. The number of rotatable bonds is 3. The highest BCUT2D eigenvalue weighted by Crippen LogP contribution is 2.33. The molecule has 0 bridgehead atoms. The number of carbonyl (C=O) groups is 1. The molecule has 82 valence electrons. The largest absolute Gasteiger partial charge is 0.469 e. The Morgan fingerprint density at radius 3 is 3.19 bits per heavy atom. The van der Waals surface area contributed by atoms with Crippen LogP contribution in [0.1, 0.15) is 24.3 Å². The molecule has 16 heavy (non-hydrogen) atoms. The average Bonchev–Trinajstić information content (AvgIpc) is 2.68. The Bertz CT molecular complexity index is 406. The van der Waals surface area contributed by atoms with Crippen molar-refractivity contribution in [1.82, 2.24) is 0 Å². The van der Waals surface area contributed by atoms with E-state index >= 15 is 0 Å². The molecular weight excluding hydrogens is 201 g/mol. The number of carbonyl (C=O) groups excluding carboxylic acids is 1. The number of ether oxygens (including phenoxy) is 1. The summed E-state index contributed by atoms with van der Waals surface area (Å²) in [5, 5.41) is 3.31. The van der Waals surface area contributed by atoms with E-state index in [9.17, 15) is 4.79 Å². The van der Waals surface area contributed by atoms with Crippen molar-refractivity contribution in [1.29, 1.82) is 0 Å². The maximum absolute atomic E-state index is 11.1. The number of fused-ring (bicyclic) bond motifs is 1. The number of benzene rings is 1. The van der Waals surface area contributed by atoms with Gasteiger partial charge < -0.3 is 10.1 Å². The molecule has 1 aliphatic heterocycles. The maximum Gasteiger partial charge on any atom is 0.305 e. The van der Waals surface area contributed by atoms with Crippen molar-refractivity contribution in [2.75, 3.05) is 19.0 Å². The summed E-state index contributed by atoms with van der Waals surface area (Å²) in [5.41, 5.74) is 3.11. The molecule has 1 unspecified atom stereocenters. The van der Waals surface area contributed by atoms with Crippen LogP contribution in [0.2, 0.25) is 0 Å². The molecule has 0 aliphatic carbocycles.